The van der Waals surface area contributed by atoms with Crippen molar-refractivity contribution in [1.29, 1.82) is 0 Å². The van der Waals surface area contributed by atoms with Crippen LogP contribution in [0.1, 0.15) is 5.56 Å². The molecule has 0 radical (unpaired) electrons. The Morgan fingerprint density at radius 1 is 1.30 bits per heavy atom. The highest BCUT2D eigenvalue weighted by Crippen LogP contribution is 2.24. The summed E-state index contributed by atoms with van der Waals surface area (Å²) >= 11 is 0. The van der Waals surface area contributed by atoms with Crippen LogP contribution in [-0.4, -0.2) is 19.0 Å². The number of hydrogen-bond acceptors (Lipinski definition) is 5. The molecule has 1 aromatic rings. The molecular formula is C15H12O5. The second kappa shape index (κ2) is 6.41. The summed E-state index contributed by atoms with van der Waals surface area (Å²) in [6.07, 6.45) is 2.58. The molecule has 0 saturated carbocycles. The largest absolute Gasteiger partial charge is 0.483 e. The van der Waals surface area contributed by atoms with Crippen LogP contribution < -0.4 is 0 Å². The van der Waals surface area contributed by atoms with Crippen molar-refractivity contribution < 1.29 is 23.8 Å². The Morgan fingerprint density at radius 3 is 2.70 bits per heavy atom. The smallest absolute Gasteiger partial charge is 0.377 e. The van der Waals surface area contributed by atoms with Gasteiger partial charge < -0.3 is 14.2 Å². The van der Waals surface area contributed by atoms with Crippen LogP contribution in [0.15, 0.2) is 59.8 Å². The van der Waals surface area contributed by atoms with E-state index in [1.807, 2.05) is 30.3 Å². The average Bonchev–Trinajstić information content (AvgIpc) is 2.52. The molecule has 1 aromatic carbocycles. The zero-order valence-corrected chi connectivity index (χ0v) is 10.8. The molecule has 0 unspecified atom stereocenters. The van der Waals surface area contributed by atoms with Crippen molar-refractivity contribution >= 4 is 11.9 Å². The summed E-state index contributed by atoms with van der Waals surface area (Å²) in [6, 6.07) is 9.33. The average molecular weight is 272 g/mol. The first kappa shape index (κ1) is 13.6. The van der Waals surface area contributed by atoms with E-state index >= 15 is 0 Å². The van der Waals surface area contributed by atoms with E-state index in [0.717, 1.165) is 5.56 Å². The van der Waals surface area contributed by atoms with Gasteiger partial charge in [0, 0.05) is 0 Å². The van der Waals surface area contributed by atoms with Gasteiger partial charge in [-0.15, -0.1) is 0 Å². The summed E-state index contributed by atoms with van der Waals surface area (Å²) in [5.41, 5.74) is 0.997. The lowest BCUT2D eigenvalue weighted by atomic mass is 10.2. The molecule has 102 valence electrons. The van der Waals surface area contributed by atoms with E-state index in [0.29, 0.717) is 0 Å². The molecule has 0 amide bonds. The highest BCUT2D eigenvalue weighted by atomic mass is 16.6. The second-order valence-electron chi connectivity index (χ2n) is 3.86. The molecule has 0 aromatic heterocycles. The fourth-order valence-corrected chi connectivity index (χ4v) is 1.61. The first-order valence-electron chi connectivity index (χ1n) is 5.84. The molecule has 0 aliphatic carbocycles. The molecule has 20 heavy (non-hydrogen) atoms. The summed E-state index contributed by atoms with van der Waals surface area (Å²) in [4.78, 5) is 22.5. The van der Waals surface area contributed by atoms with Crippen molar-refractivity contribution in [1.82, 2.24) is 0 Å². The number of allylic oxidation sites excluding steroid dienone is 1. The molecule has 0 fully saturated rings. The number of carbonyl (C=O) groups is 1. The molecule has 0 saturated heterocycles. The molecule has 0 bridgehead atoms. The number of benzene rings is 1. The van der Waals surface area contributed by atoms with Crippen LogP contribution >= 0.6 is 0 Å². The van der Waals surface area contributed by atoms with Crippen LogP contribution in [0.3, 0.4) is 0 Å². The Morgan fingerprint density at radius 2 is 2.05 bits per heavy atom. The summed E-state index contributed by atoms with van der Waals surface area (Å²) in [5.74, 6) is 0.854. The standard InChI is InChI=1S/C15H12O5/c1-18-15(17)14-13(12(9-16)7-8-19-14)20-10-11-5-3-2-4-6-11/h2-8H,10H2,1H3. The highest BCUT2D eigenvalue weighted by molar-refractivity contribution is 5.89. The van der Waals surface area contributed by atoms with Gasteiger partial charge in [-0.05, 0) is 11.6 Å². The van der Waals surface area contributed by atoms with Gasteiger partial charge in [-0.1, -0.05) is 30.3 Å². The van der Waals surface area contributed by atoms with E-state index in [-0.39, 0.29) is 23.7 Å². The first-order chi connectivity index (χ1) is 9.76. The van der Waals surface area contributed by atoms with Crippen molar-refractivity contribution in [2.24, 2.45) is 0 Å². The number of ether oxygens (including phenoxy) is 3. The van der Waals surface area contributed by atoms with Gasteiger partial charge in [-0.25, -0.2) is 9.59 Å². The summed E-state index contributed by atoms with van der Waals surface area (Å²) in [6.45, 7) is 0.193. The third-order valence-electron chi connectivity index (χ3n) is 2.58. The SMILES string of the molecule is COC(=O)C1=C(OCc2ccccc2)C(=C=O)C=CO1. The van der Waals surface area contributed by atoms with E-state index in [9.17, 15) is 9.59 Å². The minimum absolute atomic E-state index is 0.0261. The van der Waals surface area contributed by atoms with Gasteiger partial charge in [-0.3, -0.25) is 0 Å². The minimum atomic E-state index is -0.717. The topological polar surface area (TPSA) is 61.8 Å². The van der Waals surface area contributed by atoms with E-state index in [1.54, 1.807) is 5.94 Å². The quantitative estimate of drug-likeness (QED) is 0.618. The summed E-state index contributed by atoms with van der Waals surface area (Å²) < 4.78 is 15.2. The Balaban J connectivity index is 2.25. The Labute approximate surface area is 115 Å². The van der Waals surface area contributed by atoms with Crippen LogP contribution in [0.25, 0.3) is 0 Å². The summed E-state index contributed by atoms with van der Waals surface area (Å²) in [5, 5.41) is 0. The normalized spacial score (nSPS) is 13.6. The lowest BCUT2D eigenvalue weighted by Gasteiger charge is -2.16. The zero-order valence-electron chi connectivity index (χ0n) is 10.8. The molecule has 5 heteroatoms. The van der Waals surface area contributed by atoms with Crippen molar-refractivity contribution in [3.8, 4) is 0 Å². The van der Waals surface area contributed by atoms with Gasteiger partial charge in [0.1, 0.15) is 18.1 Å². The van der Waals surface area contributed by atoms with Gasteiger partial charge in [0.15, 0.2) is 5.76 Å². The maximum atomic E-state index is 11.6. The van der Waals surface area contributed by atoms with Crippen molar-refractivity contribution in [3.05, 3.63) is 65.3 Å². The predicted molar refractivity (Wildman–Crippen MR) is 69.7 cm³/mol. The predicted octanol–water partition coefficient (Wildman–Crippen LogP) is 1.89. The van der Waals surface area contributed by atoms with Crippen LogP contribution in [0, 0.1) is 0 Å². The number of methoxy groups -OCH3 is 1. The maximum absolute atomic E-state index is 11.6. The fraction of sp³-hybridized carbons (Fsp3) is 0.133. The monoisotopic (exact) mass is 272 g/mol. The molecule has 1 heterocycles. The van der Waals surface area contributed by atoms with Crippen LogP contribution in [0.5, 0.6) is 0 Å². The van der Waals surface area contributed by atoms with Crippen LogP contribution in [0.4, 0.5) is 0 Å². The molecule has 1 aliphatic rings. The molecule has 1 aliphatic heterocycles. The Bertz CT molecular complexity index is 606. The minimum Gasteiger partial charge on any atom is -0.483 e. The van der Waals surface area contributed by atoms with Crippen LogP contribution in [0.2, 0.25) is 0 Å². The third kappa shape index (κ3) is 2.96. The molecule has 5 nitrogen and oxygen atoms in total. The fourth-order valence-electron chi connectivity index (χ4n) is 1.61. The van der Waals surface area contributed by atoms with Crippen molar-refractivity contribution in [3.63, 3.8) is 0 Å². The van der Waals surface area contributed by atoms with E-state index in [1.165, 1.54) is 19.4 Å². The summed E-state index contributed by atoms with van der Waals surface area (Å²) in [7, 11) is 1.22. The Hall–Kier alpha value is -2.78. The van der Waals surface area contributed by atoms with Gasteiger partial charge in [0.25, 0.3) is 5.76 Å². The zero-order chi connectivity index (χ0) is 14.4. The number of esters is 1. The first-order valence-corrected chi connectivity index (χ1v) is 5.84. The Kier molecular flexibility index (Phi) is 4.37. The van der Waals surface area contributed by atoms with Gasteiger partial charge in [0.2, 0.25) is 0 Å². The molecule has 0 N–H and O–H groups in total. The molecular weight excluding hydrogens is 260 g/mol. The lowest BCUT2D eigenvalue weighted by molar-refractivity contribution is -0.139. The van der Waals surface area contributed by atoms with E-state index in [4.69, 9.17) is 9.47 Å². The molecule has 2 rings (SSSR count). The van der Waals surface area contributed by atoms with Gasteiger partial charge in [-0.2, -0.15) is 0 Å². The lowest BCUT2D eigenvalue weighted by Crippen LogP contribution is -2.14. The van der Waals surface area contributed by atoms with Gasteiger partial charge in [0.05, 0.1) is 13.4 Å². The number of carbonyl (C=O) groups excluding carboxylic acids is 2. The van der Waals surface area contributed by atoms with Crippen molar-refractivity contribution in [2.45, 2.75) is 6.61 Å². The number of hydrogen-bond donors (Lipinski definition) is 0. The highest BCUT2D eigenvalue weighted by Gasteiger charge is 2.25. The maximum Gasteiger partial charge on any atom is 0.377 e. The molecule has 0 atom stereocenters. The second-order valence-corrected chi connectivity index (χ2v) is 3.86. The van der Waals surface area contributed by atoms with Crippen molar-refractivity contribution in [2.75, 3.05) is 7.11 Å². The van der Waals surface area contributed by atoms with Crippen LogP contribution in [-0.2, 0) is 30.4 Å². The van der Waals surface area contributed by atoms with E-state index < -0.39 is 5.97 Å². The molecule has 0 spiro atoms. The number of rotatable bonds is 4. The van der Waals surface area contributed by atoms with E-state index in [2.05, 4.69) is 4.74 Å². The van der Waals surface area contributed by atoms with Gasteiger partial charge >= 0.3 is 5.97 Å². The third-order valence-corrected chi connectivity index (χ3v) is 2.58.